The lowest BCUT2D eigenvalue weighted by atomic mass is 9.59. The zero-order valence-corrected chi connectivity index (χ0v) is 13.3. The average Bonchev–Trinajstić information content (AvgIpc) is 2.30. The number of nitrogens with one attached hydrogen (secondary N) is 1. The number of hydrogen-bond acceptors (Lipinski definition) is 4. The van der Waals surface area contributed by atoms with Crippen LogP contribution in [0.1, 0.15) is 47.0 Å². The van der Waals surface area contributed by atoms with Crippen molar-refractivity contribution in [1.82, 2.24) is 5.32 Å². The van der Waals surface area contributed by atoms with Crippen LogP contribution >= 0.6 is 0 Å². The summed E-state index contributed by atoms with van der Waals surface area (Å²) in [6, 6.07) is 0. The molecule has 0 heterocycles. The first-order valence-corrected chi connectivity index (χ1v) is 7.17. The Balaban J connectivity index is 2.70. The van der Waals surface area contributed by atoms with Crippen LogP contribution in [0.2, 0.25) is 0 Å². The monoisotopic (exact) mass is 300 g/mol. The molecule has 0 aromatic heterocycles. The Labute approximate surface area is 125 Å². The van der Waals surface area contributed by atoms with Gasteiger partial charge in [-0.25, -0.2) is 9.18 Å². The zero-order valence-electron chi connectivity index (χ0n) is 13.3. The van der Waals surface area contributed by atoms with Gasteiger partial charge in [0.25, 0.3) is 6.26 Å². The summed E-state index contributed by atoms with van der Waals surface area (Å²) in [6.45, 7) is 7.73. The number of hydrogen-bond donors (Lipinski definition) is 1. The molecule has 1 aliphatic carbocycles. The summed E-state index contributed by atoms with van der Waals surface area (Å²) in [6.07, 6.45) is 3.53. The number of halogens is 1. The molecule has 6 heteroatoms. The number of carbonyl (C=O) groups excluding carboxylic acids is 1. The molecule has 0 saturated heterocycles. The lowest BCUT2D eigenvalue weighted by Gasteiger charge is -2.50. The van der Waals surface area contributed by atoms with E-state index < -0.39 is 18.4 Å². The van der Waals surface area contributed by atoms with Crippen LogP contribution in [-0.4, -0.2) is 31.5 Å². The van der Waals surface area contributed by atoms with E-state index in [1.165, 1.54) is 0 Å². The van der Waals surface area contributed by atoms with Crippen LogP contribution in [0, 0.1) is 22.3 Å². The second-order valence-corrected chi connectivity index (χ2v) is 7.33. The van der Waals surface area contributed by atoms with Crippen LogP contribution < -0.4 is 5.32 Å². The smallest absolute Gasteiger partial charge is 0.407 e. The molecule has 0 aromatic rings. The summed E-state index contributed by atoms with van der Waals surface area (Å²) in [7, 11) is 0. The molecular weight excluding hydrogens is 275 g/mol. The molecule has 2 unspecified atom stereocenters. The highest BCUT2D eigenvalue weighted by Gasteiger charge is 2.48. The van der Waals surface area contributed by atoms with Gasteiger partial charge in [0.05, 0.1) is 0 Å². The third-order valence-electron chi connectivity index (χ3n) is 3.82. The molecule has 1 N–H and O–H groups in total. The molecular formula is C15H25FN2O3. The maximum atomic E-state index is 12.0. The van der Waals surface area contributed by atoms with E-state index in [1.54, 1.807) is 6.26 Å². The first-order valence-electron chi connectivity index (χ1n) is 7.17. The van der Waals surface area contributed by atoms with Crippen molar-refractivity contribution in [2.75, 3.05) is 19.8 Å². The van der Waals surface area contributed by atoms with Crippen molar-refractivity contribution in [2.45, 2.75) is 52.6 Å². The number of nitrogens with zero attached hydrogens (tertiary/aromatic N) is 1. The highest BCUT2D eigenvalue weighted by atomic mass is 19.1. The Morgan fingerprint density at radius 3 is 2.52 bits per heavy atom. The molecule has 1 aliphatic rings. The first-order chi connectivity index (χ1) is 9.64. The van der Waals surface area contributed by atoms with E-state index in [0.29, 0.717) is 13.0 Å². The number of carbonyl (C=O) groups is 1. The van der Waals surface area contributed by atoms with Crippen molar-refractivity contribution in [3.8, 4) is 6.26 Å². The van der Waals surface area contributed by atoms with Gasteiger partial charge < -0.3 is 14.8 Å². The number of alkyl halides is 1. The fourth-order valence-corrected chi connectivity index (χ4v) is 4.03. The summed E-state index contributed by atoms with van der Waals surface area (Å²) < 4.78 is 21.9. The Morgan fingerprint density at radius 1 is 1.29 bits per heavy atom. The van der Waals surface area contributed by atoms with Gasteiger partial charge in [0.2, 0.25) is 0 Å². The van der Waals surface area contributed by atoms with Crippen LogP contribution in [0.4, 0.5) is 9.18 Å². The van der Waals surface area contributed by atoms with Gasteiger partial charge >= 0.3 is 6.09 Å². The fourth-order valence-electron chi connectivity index (χ4n) is 4.03. The summed E-state index contributed by atoms with van der Waals surface area (Å²) >= 11 is 0. The van der Waals surface area contributed by atoms with Gasteiger partial charge in [0, 0.05) is 6.54 Å². The Bertz CT molecular complexity index is 422. The van der Waals surface area contributed by atoms with Crippen molar-refractivity contribution < 1.29 is 18.7 Å². The van der Waals surface area contributed by atoms with Crippen molar-refractivity contribution in [3.63, 3.8) is 0 Å². The van der Waals surface area contributed by atoms with Gasteiger partial charge in [-0.1, -0.05) is 20.8 Å². The normalized spacial score (nSPS) is 31.0. The summed E-state index contributed by atoms with van der Waals surface area (Å²) in [5.41, 5.74) is -0.735. The maximum Gasteiger partial charge on any atom is 0.407 e. The minimum Gasteiger partial charge on any atom is -0.447 e. The fraction of sp³-hybridized carbons (Fsp3) is 0.867. The van der Waals surface area contributed by atoms with Gasteiger partial charge in [-0.2, -0.15) is 5.26 Å². The zero-order chi connectivity index (χ0) is 16.1. The minimum atomic E-state index is -0.689. The number of rotatable bonds is 5. The largest absolute Gasteiger partial charge is 0.447 e. The second kappa shape index (κ2) is 6.50. The Morgan fingerprint density at radius 2 is 1.95 bits per heavy atom. The molecule has 0 bridgehead atoms. The molecule has 5 nitrogen and oxygen atoms in total. The van der Waals surface area contributed by atoms with Gasteiger partial charge in [-0.15, -0.1) is 0 Å². The van der Waals surface area contributed by atoms with Crippen LogP contribution in [0.3, 0.4) is 0 Å². The SMILES string of the molecule is CC1(C)CC(C)(CNC(=O)OCCF)CC(C)(OC#N)C1. The topological polar surface area (TPSA) is 71.3 Å². The lowest BCUT2D eigenvalue weighted by Crippen LogP contribution is -2.50. The Kier molecular flexibility index (Phi) is 5.43. The minimum absolute atomic E-state index is 0.00310. The van der Waals surface area contributed by atoms with E-state index >= 15 is 0 Å². The van der Waals surface area contributed by atoms with Crippen molar-refractivity contribution in [1.29, 1.82) is 5.26 Å². The lowest BCUT2D eigenvalue weighted by molar-refractivity contribution is -0.0787. The molecule has 0 spiro atoms. The van der Waals surface area contributed by atoms with Crippen molar-refractivity contribution in [3.05, 3.63) is 0 Å². The van der Waals surface area contributed by atoms with E-state index in [2.05, 4.69) is 30.8 Å². The van der Waals surface area contributed by atoms with E-state index in [4.69, 9.17) is 10.00 Å². The molecule has 1 amide bonds. The third-order valence-corrected chi connectivity index (χ3v) is 3.82. The molecule has 0 radical (unpaired) electrons. The van der Waals surface area contributed by atoms with E-state index in [-0.39, 0.29) is 17.4 Å². The second-order valence-electron chi connectivity index (χ2n) is 7.33. The average molecular weight is 300 g/mol. The van der Waals surface area contributed by atoms with Crippen LogP contribution in [0.5, 0.6) is 0 Å². The molecule has 120 valence electrons. The summed E-state index contributed by atoms with van der Waals surface area (Å²) in [5, 5.41) is 11.5. The Hall–Kier alpha value is -1.51. The summed E-state index contributed by atoms with van der Waals surface area (Å²) in [5.74, 6) is 0. The number of nitriles is 1. The van der Waals surface area contributed by atoms with Crippen LogP contribution in [0.25, 0.3) is 0 Å². The molecule has 1 fully saturated rings. The van der Waals surface area contributed by atoms with E-state index in [0.717, 1.165) is 12.8 Å². The number of alkyl carbamates (subject to hydrolysis) is 1. The van der Waals surface area contributed by atoms with Crippen LogP contribution in [-0.2, 0) is 9.47 Å². The standard InChI is InChI=1S/C15H25FN2O3/c1-13(2)7-14(3,9-15(4,8-13)21-11-17)10-18-12(19)20-6-5-16/h5-10H2,1-4H3,(H,18,19). The predicted molar refractivity (Wildman–Crippen MR) is 76.2 cm³/mol. The first kappa shape index (κ1) is 17.5. The molecule has 1 saturated carbocycles. The highest BCUT2D eigenvalue weighted by Crippen LogP contribution is 2.51. The van der Waals surface area contributed by atoms with Crippen molar-refractivity contribution in [2.24, 2.45) is 10.8 Å². The summed E-state index contributed by atoms with van der Waals surface area (Å²) in [4.78, 5) is 11.5. The third kappa shape index (κ3) is 5.41. The molecule has 2 atom stereocenters. The molecule has 0 aliphatic heterocycles. The van der Waals surface area contributed by atoms with E-state index in [9.17, 15) is 9.18 Å². The highest BCUT2D eigenvalue weighted by molar-refractivity contribution is 5.67. The predicted octanol–water partition coefficient (Wildman–Crippen LogP) is 3.15. The number of ether oxygens (including phenoxy) is 2. The number of amides is 1. The van der Waals surface area contributed by atoms with Gasteiger partial charge in [0.1, 0.15) is 18.9 Å². The quantitative estimate of drug-likeness (QED) is 0.792. The maximum absolute atomic E-state index is 12.0. The van der Waals surface area contributed by atoms with E-state index in [1.807, 2.05) is 6.92 Å². The molecule has 1 rings (SSSR count). The molecule has 21 heavy (non-hydrogen) atoms. The van der Waals surface area contributed by atoms with Crippen molar-refractivity contribution >= 4 is 6.09 Å². The van der Waals surface area contributed by atoms with Gasteiger partial charge in [-0.3, -0.25) is 0 Å². The van der Waals surface area contributed by atoms with Gasteiger partial charge in [0.15, 0.2) is 0 Å². The van der Waals surface area contributed by atoms with Gasteiger partial charge in [-0.05, 0) is 37.0 Å². The molecule has 0 aromatic carbocycles. The van der Waals surface area contributed by atoms with Crippen LogP contribution in [0.15, 0.2) is 0 Å².